The summed E-state index contributed by atoms with van der Waals surface area (Å²) in [7, 11) is -3.17. The Hall–Kier alpha value is -0.786. The number of hydrogen-bond acceptors (Lipinski definition) is 2. The Bertz CT molecular complexity index is 483. The van der Waals surface area contributed by atoms with Crippen LogP contribution in [0.2, 0.25) is 37.8 Å². The van der Waals surface area contributed by atoms with Crippen LogP contribution in [0.4, 0.5) is 0 Å². The summed E-state index contributed by atoms with van der Waals surface area (Å²) < 4.78 is 6.17. The van der Waals surface area contributed by atoms with Gasteiger partial charge in [0.25, 0.3) is 0 Å². The van der Waals surface area contributed by atoms with Crippen LogP contribution in [0.15, 0.2) is 11.6 Å². The highest BCUT2D eigenvalue weighted by molar-refractivity contribution is 6.83. The second-order valence-electron chi connectivity index (χ2n) is 7.70. The van der Waals surface area contributed by atoms with Crippen LogP contribution in [0.1, 0.15) is 20.8 Å². The van der Waals surface area contributed by atoms with Crippen LogP contribution in [-0.4, -0.2) is 34.7 Å². The minimum absolute atomic E-state index is 0.140. The summed E-state index contributed by atoms with van der Waals surface area (Å²) in [6.45, 7) is 18.0. The summed E-state index contributed by atoms with van der Waals surface area (Å²) in [5.74, 6) is 8.75. The topological polar surface area (TPSA) is 29.5 Å². The molecule has 0 aliphatic rings. The molecule has 0 amide bonds. The molecule has 21 heavy (non-hydrogen) atoms. The summed E-state index contributed by atoms with van der Waals surface area (Å²) in [6.07, 6.45) is 1.84. The third kappa shape index (κ3) is 8.96. The molecule has 0 rings (SSSR count). The third-order valence-corrected chi connectivity index (χ3v) is 8.79. The van der Waals surface area contributed by atoms with Crippen molar-refractivity contribution in [2.45, 2.75) is 58.5 Å². The molecule has 0 spiro atoms. The average Bonchev–Trinajstić information content (AvgIpc) is 2.29. The minimum atomic E-state index is -1.79. The summed E-state index contributed by atoms with van der Waals surface area (Å²) in [5.41, 5.74) is 4.14. The predicted octanol–water partition coefficient (Wildman–Crippen LogP) is 3.81. The molecule has 0 heterocycles. The van der Waals surface area contributed by atoms with E-state index in [2.05, 4.69) is 76.8 Å². The maximum absolute atomic E-state index is 8.87. The lowest BCUT2D eigenvalue weighted by Crippen LogP contribution is -2.41. The molecule has 1 N–H and O–H groups in total. The second-order valence-corrected chi connectivity index (χ2v) is 17.3. The van der Waals surface area contributed by atoms with E-state index in [0.29, 0.717) is 6.61 Å². The van der Waals surface area contributed by atoms with E-state index < -0.39 is 16.4 Å². The normalized spacial score (nSPS) is 13.1. The molecule has 0 saturated carbocycles. The van der Waals surface area contributed by atoms with Gasteiger partial charge in [-0.1, -0.05) is 58.2 Å². The molecule has 4 heteroatoms. The number of aliphatic hydroxyl groups excluding tert-OH is 1. The van der Waals surface area contributed by atoms with E-state index in [1.54, 1.807) is 0 Å². The molecule has 0 radical (unpaired) electrons. The zero-order valence-electron chi connectivity index (χ0n) is 14.8. The van der Waals surface area contributed by atoms with Gasteiger partial charge >= 0.3 is 0 Å². The van der Waals surface area contributed by atoms with Crippen molar-refractivity contribution in [3.63, 3.8) is 0 Å². The standard InChI is InChI=1S/C17H30O2Si2/c1-17(2,3)21(7,8)19-15-16(11-9-13-18)12-10-14-20(4,5)6/h12,18H,13,15H2,1-8H3/b16-12+. The molecule has 0 aliphatic carbocycles. The fraction of sp³-hybridized carbons (Fsp3) is 0.647. The summed E-state index contributed by atoms with van der Waals surface area (Å²) in [6, 6.07) is 0. The molecular formula is C17H30O2Si2. The predicted molar refractivity (Wildman–Crippen MR) is 97.2 cm³/mol. The van der Waals surface area contributed by atoms with Crippen LogP contribution in [-0.2, 0) is 4.43 Å². The summed E-state index contributed by atoms with van der Waals surface area (Å²) >= 11 is 0. The van der Waals surface area contributed by atoms with E-state index in [0.717, 1.165) is 5.57 Å². The lowest BCUT2D eigenvalue weighted by atomic mass is 10.2. The highest BCUT2D eigenvalue weighted by atomic mass is 28.4. The van der Waals surface area contributed by atoms with E-state index in [4.69, 9.17) is 9.53 Å². The molecule has 0 aromatic carbocycles. The lowest BCUT2D eigenvalue weighted by Gasteiger charge is -2.36. The van der Waals surface area contributed by atoms with Gasteiger partial charge in [-0.3, -0.25) is 0 Å². The van der Waals surface area contributed by atoms with Crippen molar-refractivity contribution in [2.75, 3.05) is 13.2 Å². The highest BCUT2D eigenvalue weighted by Crippen LogP contribution is 2.36. The first kappa shape index (κ1) is 20.2. The Morgan fingerprint density at radius 2 is 1.71 bits per heavy atom. The molecule has 0 atom stereocenters. The fourth-order valence-corrected chi connectivity index (χ4v) is 2.54. The maximum atomic E-state index is 8.87. The smallest absolute Gasteiger partial charge is 0.192 e. The number of aliphatic hydroxyl groups is 1. The van der Waals surface area contributed by atoms with Crippen molar-refractivity contribution < 1.29 is 9.53 Å². The van der Waals surface area contributed by atoms with Crippen LogP contribution in [0.5, 0.6) is 0 Å². The monoisotopic (exact) mass is 322 g/mol. The van der Waals surface area contributed by atoms with Gasteiger partial charge in [0.15, 0.2) is 8.32 Å². The molecule has 0 fully saturated rings. The molecule has 0 saturated heterocycles. The van der Waals surface area contributed by atoms with Crippen molar-refractivity contribution in [3.05, 3.63) is 11.6 Å². The summed E-state index contributed by atoms with van der Waals surface area (Å²) in [5, 5.41) is 9.04. The quantitative estimate of drug-likeness (QED) is 0.632. The fourth-order valence-electron chi connectivity index (χ4n) is 1.08. The van der Waals surface area contributed by atoms with Gasteiger partial charge < -0.3 is 9.53 Å². The van der Waals surface area contributed by atoms with Crippen LogP contribution in [0, 0.1) is 23.3 Å². The highest BCUT2D eigenvalue weighted by Gasteiger charge is 2.37. The van der Waals surface area contributed by atoms with E-state index in [9.17, 15) is 0 Å². The Morgan fingerprint density at radius 3 is 2.14 bits per heavy atom. The van der Waals surface area contributed by atoms with Crippen LogP contribution in [0.25, 0.3) is 0 Å². The number of allylic oxidation sites excluding steroid dienone is 1. The van der Waals surface area contributed by atoms with E-state index in [1.807, 2.05) is 6.08 Å². The van der Waals surface area contributed by atoms with Gasteiger partial charge in [-0.2, -0.15) is 0 Å². The largest absolute Gasteiger partial charge is 0.412 e. The van der Waals surface area contributed by atoms with E-state index in [1.165, 1.54) is 0 Å². The molecule has 0 aromatic heterocycles. The van der Waals surface area contributed by atoms with Crippen LogP contribution >= 0.6 is 0 Å². The molecule has 0 bridgehead atoms. The Kier molecular flexibility index (Phi) is 7.71. The zero-order chi connectivity index (χ0) is 16.7. The summed E-state index contributed by atoms with van der Waals surface area (Å²) in [4.78, 5) is 0. The first-order valence-electron chi connectivity index (χ1n) is 7.34. The van der Waals surface area contributed by atoms with Crippen LogP contribution in [0.3, 0.4) is 0 Å². The van der Waals surface area contributed by atoms with Gasteiger partial charge in [0, 0.05) is 11.6 Å². The SMILES string of the molecule is CC(C)(C)[Si](C)(C)OC/C(C#CCO)=C/C#C[Si](C)(C)C. The Balaban J connectivity index is 5.04. The molecule has 118 valence electrons. The van der Waals surface area contributed by atoms with Gasteiger partial charge in [0.05, 0.1) is 6.61 Å². The second kappa shape index (κ2) is 8.01. The van der Waals surface area contributed by atoms with Gasteiger partial charge in [0.1, 0.15) is 14.7 Å². The van der Waals surface area contributed by atoms with Crippen LogP contribution < -0.4 is 0 Å². The zero-order valence-corrected chi connectivity index (χ0v) is 16.8. The Labute approximate surface area is 133 Å². The van der Waals surface area contributed by atoms with Gasteiger partial charge in [-0.15, -0.1) is 5.54 Å². The molecule has 0 aromatic rings. The van der Waals surface area contributed by atoms with Crippen molar-refractivity contribution in [1.82, 2.24) is 0 Å². The van der Waals surface area contributed by atoms with E-state index in [-0.39, 0.29) is 11.6 Å². The van der Waals surface area contributed by atoms with Gasteiger partial charge in [-0.05, 0) is 18.1 Å². The maximum Gasteiger partial charge on any atom is 0.192 e. The average molecular weight is 323 g/mol. The third-order valence-electron chi connectivity index (χ3n) is 3.42. The van der Waals surface area contributed by atoms with Gasteiger partial charge in [-0.25, -0.2) is 0 Å². The Morgan fingerprint density at radius 1 is 1.14 bits per heavy atom. The first-order valence-corrected chi connectivity index (χ1v) is 13.8. The molecular weight excluding hydrogens is 292 g/mol. The van der Waals surface area contributed by atoms with Gasteiger partial charge in [0.2, 0.25) is 0 Å². The number of rotatable bonds is 3. The van der Waals surface area contributed by atoms with Crippen molar-refractivity contribution in [3.8, 4) is 23.3 Å². The van der Waals surface area contributed by atoms with Crippen molar-refractivity contribution in [2.24, 2.45) is 0 Å². The van der Waals surface area contributed by atoms with E-state index >= 15 is 0 Å². The first-order chi connectivity index (χ1) is 9.39. The molecule has 0 aliphatic heterocycles. The van der Waals surface area contributed by atoms with Crippen molar-refractivity contribution >= 4 is 16.4 Å². The van der Waals surface area contributed by atoms with Crippen molar-refractivity contribution in [1.29, 1.82) is 0 Å². The molecule has 2 nitrogen and oxygen atoms in total. The lowest BCUT2D eigenvalue weighted by molar-refractivity contribution is 0.322. The molecule has 0 unspecified atom stereocenters. The number of hydrogen-bond donors (Lipinski definition) is 1. The minimum Gasteiger partial charge on any atom is -0.412 e.